The number of benzene rings is 2. The molecule has 4 aromatic rings. The normalized spacial score (nSPS) is 17.8. The molecule has 1 atom stereocenters. The van der Waals surface area contributed by atoms with Crippen LogP contribution in [0, 0.1) is 6.92 Å². The molecule has 10 heteroatoms. The molecule has 1 aliphatic heterocycles. The van der Waals surface area contributed by atoms with Crippen molar-refractivity contribution >= 4 is 32.4 Å². The Bertz CT molecular complexity index is 1580. The predicted octanol–water partition coefficient (Wildman–Crippen LogP) is 4.86. The van der Waals surface area contributed by atoms with Crippen molar-refractivity contribution in [2.75, 3.05) is 23.1 Å². The molecule has 2 aromatic carbocycles. The average molecular weight is 531 g/mol. The number of aryl methyl sites for hydroxylation is 1. The molecule has 196 valence electrons. The number of nitrogens with zero attached hydrogens (tertiary/aromatic N) is 3. The second-order valence-electron chi connectivity index (χ2n) is 9.87. The molecule has 9 nitrogen and oxygen atoms in total. The molecule has 3 heterocycles. The molecule has 2 fully saturated rings. The number of nitrogens with one attached hydrogen (secondary N) is 3. The van der Waals surface area contributed by atoms with E-state index in [4.69, 9.17) is 9.72 Å². The number of anilines is 2. The van der Waals surface area contributed by atoms with E-state index < -0.39 is 10.0 Å². The summed E-state index contributed by atoms with van der Waals surface area (Å²) in [6.07, 6.45) is 7.01. The molecule has 1 saturated carbocycles. The topological polar surface area (TPSA) is 118 Å². The molecular weight excluding hydrogens is 500 g/mol. The first-order valence-electron chi connectivity index (χ1n) is 13.0. The molecule has 1 saturated heterocycles. The van der Waals surface area contributed by atoms with Crippen molar-refractivity contribution < 1.29 is 13.2 Å². The minimum absolute atomic E-state index is 0.286. The third kappa shape index (κ3) is 5.14. The molecule has 2 aliphatic rings. The second-order valence-corrected chi connectivity index (χ2v) is 11.8. The summed E-state index contributed by atoms with van der Waals surface area (Å²) >= 11 is 0. The highest BCUT2D eigenvalue weighted by molar-refractivity contribution is 7.93. The molecule has 1 aliphatic carbocycles. The van der Waals surface area contributed by atoms with E-state index in [9.17, 15) is 8.42 Å². The van der Waals surface area contributed by atoms with Gasteiger partial charge < -0.3 is 15.4 Å². The van der Waals surface area contributed by atoms with Crippen molar-refractivity contribution in [3.63, 3.8) is 0 Å². The highest BCUT2D eigenvalue weighted by Gasteiger charge is 2.36. The van der Waals surface area contributed by atoms with E-state index in [-0.39, 0.29) is 11.3 Å². The molecule has 2 aromatic heterocycles. The van der Waals surface area contributed by atoms with Crippen molar-refractivity contribution in [2.45, 2.75) is 43.9 Å². The van der Waals surface area contributed by atoms with Gasteiger partial charge in [-0.05, 0) is 69.0 Å². The molecule has 1 unspecified atom stereocenters. The van der Waals surface area contributed by atoms with Crippen molar-refractivity contribution in [3.8, 4) is 22.9 Å². The molecule has 0 radical (unpaired) electrons. The summed E-state index contributed by atoms with van der Waals surface area (Å²) in [5, 5.41) is 8.08. The standard InChI is InChI=1S/C28H30N6O3S/c1-18-9-12-21-22(6-2-8-25(21)34-38(35,36)20-10-11-20)26(18)37-27-23(7-4-15-30-27)24-13-16-31-28(33-24)32-19-5-3-14-29-17-19/h2,4,6-9,12-13,15-16,19-20,29,34H,3,5,10-11,14,17H2,1H3,(H,31,32,33). The molecule has 0 bridgehead atoms. The first-order chi connectivity index (χ1) is 18.5. The van der Waals surface area contributed by atoms with Crippen molar-refractivity contribution in [2.24, 2.45) is 0 Å². The van der Waals surface area contributed by atoms with Crippen LogP contribution in [0.3, 0.4) is 0 Å². The van der Waals surface area contributed by atoms with Gasteiger partial charge in [0.2, 0.25) is 21.9 Å². The van der Waals surface area contributed by atoms with Gasteiger partial charge in [-0.3, -0.25) is 4.72 Å². The summed E-state index contributed by atoms with van der Waals surface area (Å²) in [5.41, 5.74) is 2.89. The number of fused-ring (bicyclic) bond motifs is 1. The number of pyridine rings is 1. The minimum atomic E-state index is -3.40. The predicted molar refractivity (Wildman–Crippen MR) is 149 cm³/mol. The first kappa shape index (κ1) is 24.6. The molecule has 6 rings (SSSR count). The van der Waals surface area contributed by atoms with Crippen LogP contribution in [-0.2, 0) is 10.0 Å². The summed E-state index contributed by atoms with van der Waals surface area (Å²) < 4.78 is 34.5. The lowest BCUT2D eigenvalue weighted by Crippen LogP contribution is -2.38. The zero-order valence-electron chi connectivity index (χ0n) is 21.1. The number of hydrogen-bond donors (Lipinski definition) is 3. The monoisotopic (exact) mass is 530 g/mol. The van der Waals surface area contributed by atoms with Crippen LogP contribution in [0.4, 0.5) is 11.6 Å². The Hall–Kier alpha value is -3.76. The van der Waals surface area contributed by atoms with E-state index in [0.717, 1.165) is 47.8 Å². The quantitative estimate of drug-likeness (QED) is 0.296. The summed E-state index contributed by atoms with van der Waals surface area (Å²) in [6.45, 7) is 3.88. The van der Waals surface area contributed by atoms with Crippen LogP contribution in [0.1, 0.15) is 31.2 Å². The molecule has 0 amide bonds. The third-order valence-electron chi connectivity index (χ3n) is 6.96. The number of aromatic nitrogens is 3. The summed E-state index contributed by atoms with van der Waals surface area (Å²) in [7, 11) is -3.40. The SMILES string of the molecule is Cc1ccc2c(NS(=O)(=O)C3CC3)cccc2c1Oc1ncccc1-c1ccnc(NC2CCCNC2)n1. The van der Waals surface area contributed by atoms with Crippen molar-refractivity contribution in [3.05, 3.63) is 66.5 Å². The highest BCUT2D eigenvalue weighted by atomic mass is 32.2. The smallest absolute Gasteiger partial charge is 0.235 e. The van der Waals surface area contributed by atoms with E-state index in [2.05, 4.69) is 25.3 Å². The maximum absolute atomic E-state index is 12.6. The van der Waals surface area contributed by atoms with Crippen LogP contribution in [0.15, 0.2) is 60.9 Å². The summed E-state index contributed by atoms with van der Waals surface area (Å²) in [6, 6.07) is 15.3. The van der Waals surface area contributed by atoms with E-state index in [1.807, 2.05) is 49.4 Å². The van der Waals surface area contributed by atoms with E-state index in [1.54, 1.807) is 18.5 Å². The Morgan fingerprint density at radius 3 is 2.68 bits per heavy atom. The largest absolute Gasteiger partial charge is 0.437 e. The van der Waals surface area contributed by atoms with Gasteiger partial charge in [-0.15, -0.1) is 0 Å². The van der Waals surface area contributed by atoms with Gasteiger partial charge in [0, 0.05) is 35.8 Å². The fraction of sp³-hybridized carbons (Fsp3) is 0.321. The lowest BCUT2D eigenvalue weighted by atomic mass is 10.0. The fourth-order valence-electron chi connectivity index (χ4n) is 4.78. The summed E-state index contributed by atoms with van der Waals surface area (Å²) in [4.78, 5) is 13.7. The van der Waals surface area contributed by atoms with Gasteiger partial charge >= 0.3 is 0 Å². The molecule has 38 heavy (non-hydrogen) atoms. The molecular formula is C28H30N6O3S. The van der Waals surface area contributed by atoms with Gasteiger partial charge in [0.25, 0.3) is 0 Å². The van der Waals surface area contributed by atoms with Gasteiger partial charge in [0.05, 0.1) is 22.2 Å². The zero-order valence-corrected chi connectivity index (χ0v) is 22.0. The van der Waals surface area contributed by atoms with Gasteiger partial charge in [-0.1, -0.05) is 24.3 Å². The minimum Gasteiger partial charge on any atom is -0.437 e. The van der Waals surface area contributed by atoms with Crippen molar-refractivity contribution in [1.82, 2.24) is 20.3 Å². The average Bonchev–Trinajstić information content (AvgIpc) is 3.78. The molecule has 0 spiro atoms. The van der Waals surface area contributed by atoms with Gasteiger partial charge in [-0.25, -0.2) is 23.4 Å². The number of piperidine rings is 1. The lowest BCUT2D eigenvalue weighted by Gasteiger charge is -2.23. The number of sulfonamides is 1. The third-order valence-corrected chi connectivity index (χ3v) is 8.81. The highest BCUT2D eigenvalue weighted by Crippen LogP contribution is 2.39. The Morgan fingerprint density at radius 1 is 0.974 bits per heavy atom. The lowest BCUT2D eigenvalue weighted by molar-refractivity contribution is 0.466. The van der Waals surface area contributed by atoms with E-state index in [0.29, 0.717) is 41.8 Å². The Balaban J connectivity index is 1.33. The van der Waals surface area contributed by atoms with Gasteiger partial charge in [0.1, 0.15) is 5.75 Å². The maximum atomic E-state index is 12.6. The van der Waals surface area contributed by atoms with E-state index in [1.165, 1.54) is 0 Å². The van der Waals surface area contributed by atoms with Crippen LogP contribution < -0.4 is 20.1 Å². The van der Waals surface area contributed by atoms with Gasteiger partial charge in [0.15, 0.2) is 0 Å². The number of ether oxygens (including phenoxy) is 1. The Labute approximate surface area is 222 Å². The van der Waals surface area contributed by atoms with Crippen LogP contribution in [0.25, 0.3) is 22.0 Å². The van der Waals surface area contributed by atoms with Crippen molar-refractivity contribution in [1.29, 1.82) is 0 Å². The van der Waals surface area contributed by atoms with Crippen LogP contribution in [0.2, 0.25) is 0 Å². The van der Waals surface area contributed by atoms with E-state index >= 15 is 0 Å². The maximum Gasteiger partial charge on any atom is 0.235 e. The Kier molecular flexibility index (Phi) is 6.59. The van der Waals surface area contributed by atoms with Gasteiger partial charge in [-0.2, -0.15) is 0 Å². The van der Waals surface area contributed by atoms with Crippen LogP contribution >= 0.6 is 0 Å². The second kappa shape index (κ2) is 10.2. The fourth-order valence-corrected chi connectivity index (χ4v) is 6.19. The zero-order chi connectivity index (χ0) is 26.1. The van der Waals surface area contributed by atoms with Crippen LogP contribution in [0.5, 0.6) is 11.6 Å². The first-order valence-corrected chi connectivity index (χ1v) is 14.5. The molecule has 3 N–H and O–H groups in total. The summed E-state index contributed by atoms with van der Waals surface area (Å²) in [5.74, 6) is 1.60. The Morgan fingerprint density at radius 2 is 1.87 bits per heavy atom. The number of hydrogen-bond acceptors (Lipinski definition) is 8. The van der Waals surface area contributed by atoms with Crippen LogP contribution in [-0.4, -0.2) is 47.8 Å². The number of rotatable bonds is 8.